The highest BCUT2D eigenvalue weighted by Crippen LogP contribution is 2.31. The van der Waals surface area contributed by atoms with Crippen LogP contribution in [0.2, 0.25) is 0 Å². The highest BCUT2D eigenvalue weighted by molar-refractivity contribution is 7.10. The smallest absolute Gasteiger partial charge is 0.0479 e. The number of likely N-dealkylation sites (N-methyl/N-ethyl adjacent to an activating group) is 1. The van der Waals surface area contributed by atoms with Crippen molar-refractivity contribution in [2.45, 2.75) is 19.4 Å². The summed E-state index contributed by atoms with van der Waals surface area (Å²) in [6.45, 7) is 2.20. The van der Waals surface area contributed by atoms with Gasteiger partial charge in [0.25, 0.3) is 0 Å². The molecule has 0 radical (unpaired) electrons. The molecule has 0 saturated carbocycles. The van der Waals surface area contributed by atoms with Gasteiger partial charge in [-0.25, -0.2) is 0 Å². The minimum absolute atomic E-state index is 0.439. The quantitative estimate of drug-likeness (QED) is 0.888. The molecule has 2 nitrogen and oxygen atoms in total. The third kappa shape index (κ3) is 3.17. The van der Waals surface area contributed by atoms with Crippen molar-refractivity contribution in [1.82, 2.24) is 4.90 Å². The molecule has 0 fully saturated rings. The van der Waals surface area contributed by atoms with Gasteiger partial charge in [-0.15, -0.1) is 11.3 Å². The normalized spacial score (nSPS) is 12.7. The predicted octanol–water partition coefficient (Wildman–Crippen LogP) is 3.94. The van der Waals surface area contributed by atoms with Gasteiger partial charge in [-0.05, 0) is 56.1 Å². The minimum Gasteiger partial charge on any atom is -0.388 e. The number of nitrogens with one attached hydrogen (secondary N) is 1. The Morgan fingerprint density at radius 1 is 1.21 bits per heavy atom. The first-order valence-electron chi connectivity index (χ1n) is 6.59. The lowest BCUT2D eigenvalue weighted by molar-refractivity contribution is 0.301. The van der Waals surface area contributed by atoms with Crippen LogP contribution < -0.4 is 5.32 Å². The van der Waals surface area contributed by atoms with Crippen molar-refractivity contribution in [3.63, 3.8) is 0 Å². The molecule has 0 aliphatic rings. The van der Waals surface area contributed by atoms with Crippen LogP contribution in [0.5, 0.6) is 0 Å². The Balaban J connectivity index is 2.30. The van der Waals surface area contributed by atoms with Crippen LogP contribution in [0.4, 0.5) is 5.69 Å². The Morgan fingerprint density at radius 3 is 2.53 bits per heavy atom. The van der Waals surface area contributed by atoms with Crippen molar-refractivity contribution in [2.75, 3.05) is 26.5 Å². The molecule has 0 aliphatic heterocycles. The first kappa shape index (κ1) is 14.1. The van der Waals surface area contributed by atoms with E-state index in [9.17, 15) is 0 Å². The highest BCUT2D eigenvalue weighted by atomic mass is 32.1. The molecular weight excluding hydrogens is 252 g/mol. The summed E-state index contributed by atoms with van der Waals surface area (Å²) in [6, 6.07) is 11.2. The monoisotopic (exact) mass is 274 g/mol. The third-order valence-electron chi connectivity index (χ3n) is 3.53. The molecule has 1 atom stereocenters. The summed E-state index contributed by atoms with van der Waals surface area (Å²) in [5.41, 5.74) is 3.99. The summed E-state index contributed by atoms with van der Waals surface area (Å²) in [7, 11) is 6.30. The zero-order valence-electron chi connectivity index (χ0n) is 12.1. The minimum atomic E-state index is 0.439. The number of hydrogen-bond donors (Lipinski definition) is 1. The van der Waals surface area contributed by atoms with Gasteiger partial charge in [0.05, 0.1) is 0 Å². The number of thiophene rings is 1. The number of hydrogen-bond acceptors (Lipinski definition) is 3. The lowest BCUT2D eigenvalue weighted by Gasteiger charge is -2.25. The number of aryl methyl sites for hydroxylation is 1. The van der Waals surface area contributed by atoms with Crippen molar-refractivity contribution < 1.29 is 0 Å². The van der Waals surface area contributed by atoms with Crippen molar-refractivity contribution in [1.29, 1.82) is 0 Å². The van der Waals surface area contributed by atoms with Crippen LogP contribution in [-0.2, 0) is 6.42 Å². The van der Waals surface area contributed by atoms with E-state index in [0.717, 1.165) is 6.42 Å². The first-order valence-corrected chi connectivity index (χ1v) is 7.47. The van der Waals surface area contributed by atoms with E-state index in [-0.39, 0.29) is 0 Å². The fourth-order valence-corrected chi connectivity index (χ4v) is 3.51. The fourth-order valence-electron chi connectivity index (χ4n) is 2.39. The molecule has 19 heavy (non-hydrogen) atoms. The molecule has 3 heteroatoms. The zero-order valence-corrected chi connectivity index (χ0v) is 12.9. The van der Waals surface area contributed by atoms with Gasteiger partial charge in [-0.1, -0.05) is 18.2 Å². The van der Waals surface area contributed by atoms with Gasteiger partial charge in [-0.3, -0.25) is 0 Å². The molecule has 1 N–H and O–H groups in total. The number of nitrogens with zero attached hydrogens (tertiary/aromatic N) is 1. The van der Waals surface area contributed by atoms with Gasteiger partial charge < -0.3 is 10.2 Å². The van der Waals surface area contributed by atoms with E-state index >= 15 is 0 Å². The molecule has 0 saturated heterocycles. The molecule has 1 aromatic heterocycles. The van der Waals surface area contributed by atoms with Crippen molar-refractivity contribution in [2.24, 2.45) is 0 Å². The number of para-hydroxylation sites is 1. The first-order chi connectivity index (χ1) is 9.13. The summed E-state index contributed by atoms with van der Waals surface area (Å²) in [5.74, 6) is 0. The molecule has 0 aliphatic carbocycles. The van der Waals surface area contributed by atoms with Crippen LogP contribution in [0.15, 0.2) is 35.7 Å². The second kappa shape index (κ2) is 6.22. The lowest BCUT2D eigenvalue weighted by atomic mass is 10.0. The van der Waals surface area contributed by atoms with Crippen LogP contribution >= 0.6 is 11.3 Å². The molecule has 2 aromatic rings. The molecule has 102 valence electrons. The highest BCUT2D eigenvalue weighted by Gasteiger charge is 2.19. The van der Waals surface area contributed by atoms with E-state index in [1.807, 2.05) is 18.4 Å². The van der Waals surface area contributed by atoms with Gasteiger partial charge in [0.2, 0.25) is 0 Å². The molecular formula is C16H22N2S. The number of benzene rings is 1. The topological polar surface area (TPSA) is 15.3 Å². The summed E-state index contributed by atoms with van der Waals surface area (Å²) in [5, 5.41) is 5.47. The van der Waals surface area contributed by atoms with E-state index < -0.39 is 0 Å². The van der Waals surface area contributed by atoms with Gasteiger partial charge in [0.1, 0.15) is 0 Å². The Hall–Kier alpha value is -1.32. The van der Waals surface area contributed by atoms with Crippen molar-refractivity contribution >= 4 is 17.0 Å². The van der Waals surface area contributed by atoms with Crippen LogP contribution in [-0.4, -0.2) is 26.0 Å². The standard InChI is InChI=1S/C16H22N2S/c1-12-9-10-19-16(12)15(18(3)4)11-13-7-5-6-8-14(13)17-2/h5-10,15,17H,11H2,1-4H3/t15-/m1/s1. The molecule has 1 heterocycles. The summed E-state index contributed by atoms with van der Waals surface area (Å²) >= 11 is 1.86. The van der Waals surface area contributed by atoms with E-state index in [0.29, 0.717) is 6.04 Å². The summed E-state index contributed by atoms with van der Waals surface area (Å²) in [4.78, 5) is 3.78. The van der Waals surface area contributed by atoms with E-state index in [1.54, 1.807) is 0 Å². The second-order valence-corrected chi connectivity index (χ2v) is 6.01. The molecule has 2 rings (SSSR count). The Morgan fingerprint density at radius 2 is 1.95 bits per heavy atom. The molecule has 0 amide bonds. The lowest BCUT2D eigenvalue weighted by Crippen LogP contribution is -2.22. The molecule has 1 aromatic carbocycles. The van der Waals surface area contributed by atoms with E-state index in [1.165, 1.54) is 21.7 Å². The van der Waals surface area contributed by atoms with Gasteiger partial charge >= 0.3 is 0 Å². The van der Waals surface area contributed by atoms with Crippen LogP contribution in [0, 0.1) is 6.92 Å². The Bertz CT molecular complexity index is 531. The van der Waals surface area contributed by atoms with Gasteiger partial charge in [0.15, 0.2) is 0 Å². The number of rotatable bonds is 5. The second-order valence-electron chi connectivity index (χ2n) is 5.06. The fraction of sp³-hybridized carbons (Fsp3) is 0.375. The maximum absolute atomic E-state index is 3.28. The average molecular weight is 274 g/mol. The van der Waals surface area contributed by atoms with Crippen molar-refractivity contribution in [3.05, 3.63) is 51.7 Å². The average Bonchev–Trinajstić information content (AvgIpc) is 2.82. The predicted molar refractivity (Wildman–Crippen MR) is 85.2 cm³/mol. The van der Waals surface area contributed by atoms with E-state index in [2.05, 4.69) is 66.9 Å². The maximum Gasteiger partial charge on any atom is 0.0479 e. The van der Waals surface area contributed by atoms with Crippen molar-refractivity contribution in [3.8, 4) is 0 Å². The SMILES string of the molecule is CNc1ccccc1C[C@H](c1sccc1C)N(C)C. The molecule has 0 spiro atoms. The Kier molecular flexibility index (Phi) is 4.61. The zero-order chi connectivity index (χ0) is 13.8. The van der Waals surface area contributed by atoms with Crippen LogP contribution in [0.3, 0.4) is 0 Å². The van der Waals surface area contributed by atoms with E-state index in [4.69, 9.17) is 0 Å². The molecule has 0 unspecified atom stereocenters. The van der Waals surface area contributed by atoms with Crippen LogP contribution in [0.1, 0.15) is 22.0 Å². The van der Waals surface area contributed by atoms with Crippen LogP contribution in [0.25, 0.3) is 0 Å². The maximum atomic E-state index is 3.28. The Labute approximate surface area is 120 Å². The largest absolute Gasteiger partial charge is 0.388 e. The third-order valence-corrected chi connectivity index (χ3v) is 4.65. The van der Waals surface area contributed by atoms with Gasteiger partial charge in [0, 0.05) is 23.7 Å². The summed E-state index contributed by atoms with van der Waals surface area (Å²) in [6.07, 6.45) is 1.03. The summed E-state index contributed by atoms with van der Waals surface area (Å²) < 4.78 is 0. The van der Waals surface area contributed by atoms with Gasteiger partial charge in [-0.2, -0.15) is 0 Å². The molecule has 0 bridgehead atoms. The number of anilines is 1.